The highest BCUT2D eigenvalue weighted by molar-refractivity contribution is 6.31. The summed E-state index contributed by atoms with van der Waals surface area (Å²) >= 11 is 12.2. The fourth-order valence-corrected chi connectivity index (χ4v) is 4.30. The first-order valence-electron chi connectivity index (χ1n) is 10.1. The van der Waals surface area contributed by atoms with Crippen molar-refractivity contribution in [3.63, 3.8) is 0 Å². The van der Waals surface area contributed by atoms with Crippen molar-refractivity contribution in [2.45, 2.75) is 38.6 Å². The van der Waals surface area contributed by atoms with Crippen LogP contribution in [0.15, 0.2) is 54.6 Å². The van der Waals surface area contributed by atoms with Crippen LogP contribution in [-0.4, -0.2) is 17.0 Å². The van der Waals surface area contributed by atoms with E-state index in [0.29, 0.717) is 10.0 Å². The molecule has 0 radical (unpaired) electrons. The fourth-order valence-electron chi connectivity index (χ4n) is 4.05. The molecule has 1 aromatic heterocycles. The second-order valence-corrected chi connectivity index (χ2v) is 8.36. The zero-order valence-corrected chi connectivity index (χ0v) is 17.9. The quantitative estimate of drug-likeness (QED) is 0.446. The Morgan fingerprint density at radius 2 is 1.66 bits per heavy atom. The van der Waals surface area contributed by atoms with E-state index < -0.39 is 0 Å². The Morgan fingerprint density at radius 3 is 2.28 bits per heavy atom. The molecule has 2 aromatic carbocycles. The maximum absolute atomic E-state index is 12.8. The molecule has 2 heterocycles. The number of amides is 1. The lowest BCUT2D eigenvalue weighted by Gasteiger charge is -2.10. The summed E-state index contributed by atoms with van der Waals surface area (Å²) in [6.45, 7) is 3.69. The molecular formula is C24H24Cl2N2O. The molecule has 150 valence electrons. The first-order chi connectivity index (χ1) is 14.1. The normalized spacial score (nSPS) is 15.3. The van der Waals surface area contributed by atoms with Crippen LogP contribution in [-0.2, 0) is 11.3 Å². The van der Waals surface area contributed by atoms with Crippen molar-refractivity contribution in [2.24, 2.45) is 0 Å². The van der Waals surface area contributed by atoms with E-state index >= 15 is 0 Å². The van der Waals surface area contributed by atoms with Crippen LogP contribution in [0.2, 0.25) is 10.0 Å². The third-order valence-electron chi connectivity index (χ3n) is 5.55. The van der Waals surface area contributed by atoms with E-state index in [1.807, 2.05) is 48.5 Å². The number of fused-ring (bicyclic) bond motifs is 1. The SMILES string of the molecule is CCCCNC(=O)C1CCn2c1cc(-c1ccc(Cl)cc1)c2-c1ccc(Cl)cc1. The minimum absolute atomic E-state index is 0.112. The van der Waals surface area contributed by atoms with Gasteiger partial charge in [-0.25, -0.2) is 0 Å². The Labute approximate surface area is 181 Å². The molecule has 0 bridgehead atoms. The van der Waals surface area contributed by atoms with Crippen LogP contribution in [0.25, 0.3) is 22.4 Å². The number of aromatic nitrogens is 1. The van der Waals surface area contributed by atoms with Gasteiger partial charge >= 0.3 is 0 Å². The van der Waals surface area contributed by atoms with Crippen molar-refractivity contribution in [1.82, 2.24) is 9.88 Å². The average molecular weight is 427 g/mol. The number of hydrogen-bond donors (Lipinski definition) is 1. The summed E-state index contributed by atoms with van der Waals surface area (Å²) in [5, 5.41) is 4.52. The van der Waals surface area contributed by atoms with Crippen molar-refractivity contribution < 1.29 is 4.79 Å². The van der Waals surface area contributed by atoms with Crippen molar-refractivity contribution in [2.75, 3.05) is 6.54 Å². The first-order valence-corrected chi connectivity index (χ1v) is 10.9. The summed E-state index contributed by atoms with van der Waals surface area (Å²) in [5.41, 5.74) is 5.51. The minimum Gasteiger partial charge on any atom is -0.356 e. The number of carbonyl (C=O) groups is 1. The van der Waals surface area contributed by atoms with Gasteiger partial charge in [0.1, 0.15) is 0 Å². The van der Waals surface area contributed by atoms with Gasteiger partial charge < -0.3 is 9.88 Å². The zero-order chi connectivity index (χ0) is 20.4. The summed E-state index contributed by atoms with van der Waals surface area (Å²) in [5.74, 6) is 0.0129. The molecule has 1 N–H and O–H groups in total. The molecule has 5 heteroatoms. The van der Waals surface area contributed by atoms with Crippen LogP contribution in [0.1, 0.15) is 37.8 Å². The van der Waals surface area contributed by atoms with Crippen LogP contribution >= 0.6 is 23.2 Å². The van der Waals surface area contributed by atoms with Crippen molar-refractivity contribution in [1.29, 1.82) is 0 Å². The molecule has 1 amide bonds. The second kappa shape index (κ2) is 8.64. The van der Waals surface area contributed by atoms with Gasteiger partial charge in [0.05, 0.1) is 11.6 Å². The molecule has 0 spiro atoms. The molecule has 3 aromatic rings. The van der Waals surface area contributed by atoms with Gasteiger partial charge in [-0.05, 0) is 54.3 Å². The van der Waals surface area contributed by atoms with E-state index in [9.17, 15) is 4.79 Å². The van der Waals surface area contributed by atoms with Crippen molar-refractivity contribution >= 4 is 29.1 Å². The largest absolute Gasteiger partial charge is 0.356 e. The first kappa shape index (κ1) is 20.1. The maximum Gasteiger partial charge on any atom is 0.229 e. The molecule has 0 saturated heterocycles. The predicted octanol–water partition coefficient (Wildman–Crippen LogP) is 6.53. The number of benzene rings is 2. The zero-order valence-electron chi connectivity index (χ0n) is 16.4. The highest BCUT2D eigenvalue weighted by Crippen LogP contribution is 2.42. The molecule has 1 unspecified atom stereocenters. The fraction of sp³-hybridized carbons (Fsp3) is 0.292. The number of carbonyl (C=O) groups excluding carboxylic acids is 1. The molecule has 0 saturated carbocycles. The molecule has 3 nitrogen and oxygen atoms in total. The van der Waals surface area contributed by atoms with Crippen molar-refractivity contribution in [3.05, 3.63) is 70.3 Å². The maximum atomic E-state index is 12.8. The van der Waals surface area contributed by atoms with Gasteiger partial charge in [-0.15, -0.1) is 0 Å². The van der Waals surface area contributed by atoms with E-state index in [0.717, 1.165) is 60.4 Å². The molecule has 1 aliphatic heterocycles. The van der Waals surface area contributed by atoms with Gasteiger partial charge in [-0.2, -0.15) is 0 Å². The molecule has 1 atom stereocenters. The lowest BCUT2D eigenvalue weighted by atomic mass is 9.98. The lowest BCUT2D eigenvalue weighted by molar-refractivity contribution is -0.122. The highest BCUT2D eigenvalue weighted by atomic mass is 35.5. The van der Waals surface area contributed by atoms with Gasteiger partial charge in [0.25, 0.3) is 0 Å². The Kier molecular flexibility index (Phi) is 5.98. The summed E-state index contributed by atoms with van der Waals surface area (Å²) < 4.78 is 2.29. The summed E-state index contributed by atoms with van der Waals surface area (Å²) in [7, 11) is 0. The molecule has 29 heavy (non-hydrogen) atoms. The van der Waals surface area contributed by atoms with Gasteiger partial charge in [0, 0.05) is 34.4 Å². The summed E-state index contributed by atoms with van der Waals surface area (Å²) in [6, 6.07) is 17.9. The summed E-state index contributed by atoms with van der Waals surface area (Å²) in [6.07, 6.45) is 2.91. The van der Waals surface area contributed by atoms with Crippen LogP contribution < -0.4 is 5.32 Å². The molecule has 0 aliphatic carbocycles. The second-order valence-electron chi connectivity index (χ2n) is 7.48. The van der Waals surface area contributed by atoms with Crippen molar-refractivity contribution in [3.8, 4) is 22.4 Å². The average Bonchev–Trinajstić information content (AvgIpc) is 3.29. The number of unbranched alkanes of at least 4 members (excludes halogenated alkanes) is 1. The minimum atomic E-state index is -0.112. The Balaban J connectivity index is 1.77. The van der Waals surface area contributed by atoms with E-state index in [1.54, 1.807) is 0 Å². The monoisotopic (exact) mass is 426 g/mol. The Bertz CT molecular complexity index is 1010. The van der Waals surface area contributed by atoms with Gasteiger partial charge in [0.2, 0.25) is 5.91 Å². The van der Waals surface area contributed by atoms with Crippen LogP contribution in [0, 0.1) is 0 Å². The van der Waals surface area contributed by atoms with Gasteiger partial charge in [-0.3, -0.25) is 4.79 Å². The van der Waals surface area contributed by atoms with Crippen LogP contribution in [0.3, 0.4) is 0 Å². The van der Waals surface area contributed by atoms with Gasteiger partial charge in [0.15, 0.2) is 0 Å². The van der Waals surface area contributed by atoms with E-state index in [-0.39, 0.29) is 11.8 Å². The van der Waals surface area contributed by atoms with E-state index in [2.05, 4.69) is 22.9 Å². The molecule has 0 fully saturated rings. The van der Waals surface area contributed by atoms with E-state index in [4.69, 9.17) is 23.2 Å². The van der Waals surface area contributed by atoms with Gasteiger partial charge in [-0.1, -0.05) is 60.8 Å². The predicted molar refractivity (Wildman–Crippen MR) is 121 cm³/mol. The third-order valence-corrected chi connectivity index (χ3v) is 6.05. The molecule has 4 rings (SSSR count). The standard InChI is InChI=1S/C24H24Cl2N2O/c1-2-3-13-27-24(29)20-12-14-28-22(20)15-21(16-4-8-18(25)9-5-16)23(28)17-6-10-19(26)11-7-17/h4-11,15,20H,2-3,12-14H2,1H3,(H,27,29). The Hall–Kier alpha value is -2.23. The lowest BCUT2D eigenvalue weighted by Crippen LogP contribution is -2.29. The smallest absolute Gasteiger partial charge is 0.229 e. The molecular weight excluding hydrogens is 403 g/mol. The van der Waals surface area contributed by atoms with E-state index in [1.165, 1.54) is 0 Å². The number of nitrogens with one attached hydrogen (secondary N) is 1. The summed E-state index contributed by atoms with van der Waals surface area (Å²) in [4.78, 5) is 12.8. The number of hydrogen-bond acceptors (Lipinski definition) is 1. The van der Waals surface area contributed by atoms with Crippen LogP contribution in [0.4, 0.5) is 0 Å². The van der Waals surface area contributed by atoms with Crippen LogP contribution in [0.5, 0.6) is 0 Å². The molecule has 1 aliphatic rings. The topological polar surface area (TPSA) is 34.0 Å². The highest BCUT2D eigenvalue weighted by Gasteiger charge is 2.32. The number of halogens is 2. The number of nitrogens with zero attached hydrogens (tertiary/aromatic N) is 1. The number of rotatable bonds is 6. The Morgan fingerprint density at radius 1 is 1.03 bits per heavy atom. The third kappa shape index (κ3) is 4.08.